The number of furan rings is 1. The van der Waals surface area contributed by atoms with Crippen molar-refractivity contribution in [2.75, 3.05) is 26.3 Å². The highest BCUT2D eigenvalue weighted by Gasteiger charge is 2.19. The van der Waals surface area contributed by atoms with Crippen LogP contribution in [0.15, 0.2) is 40.1 Å². The van der Waals surface area contributed by atoms with Gasteiger partial charge in [0.25, 0.3) is 0 Å². The first-order valence-electron chi connectivity index (χ1n) is 7.58. The number of benzene rings is 1. The Morgan fingerprint density at radius 2 is 2.09 bits per heavy atom. The topological polar surface area (TPSA) is 55.6 Å². The van der Waals surface area contributed by atoms with Gasteiger partial charge in [-0.25, -0.2) is 4.98 Å². The van der Waals surface area contributed by atoms with Gasteiger partial charge in [0.15, 0.2) is 5.76 Å². The predicted octanol–water partition coefficient (Wildman–Crippen LogP) is 2.96. The van der Waals surface area contributed by atoms with Crippen LogP contribution < -0.4 is 0 Å². The van der Waals surface area contributed by atoms with E-state index in [9.17, 15) is 4.79 Å². The van der Waals surface area contributed by atoms with Crippen LogP contribution in [0, 0.1) is 0 Å². The van der Waals surface area contributed by atoms with Gasteiger partial charge in [-0.3, -0.25) is 4.79 Å². The summed E-state index contributed by atoms with van der Waals surface area (Å²) in [6.07, 6.45) is 0.338. The molecule has 3 heterocycles. The summed E-state index contributed by atoms with van der Waals surface area (Å²) >= 11 is 1.50. The molecule has 6 heteroatoms. The molecule has 0 spiro atoms. The fourth-order valence-corrected chi connectivity index (χ4v) is 3.44. The molecule has 1 aliphatic heterocycles. The lowest BCUT2D eigenvalue weighted by Crippen LogP contribution is -2.41. The Morgan fingerprint density at radius 3 is 2.91 bits per heavy atom. The molecule has 0 bridgehead atoms. The summed E-state index contributed by atoms with van der Waals surface area (Å²) < 4.78 is 11.1. The summed E-state index contributed by atoms with van der Waals surface area (Å²) in [5.41, 5.74) is 1.64. The van der Waals surface area contributed by atoms with Gasteiger partial charge >= 0.3 is 0 Å². The van der Waals surface area contributed by atoms with E-state index in [2.05, 4.69) is 4.98 Å². The van der Waals surface area contributed by atoms with Gasteiger partial charge in [-0.1, -0.05) is 18.2 Å². The van der Waals surface area contributed by atoms with Crippen LogP contribution in [0.3, 0.4) is 0 Å². The number of morpholine rings is 1. The van der Waals surface area contributed by atoms with E-state index in [4.69, 9.17) is 9.15 Å². The number of nitrogens with zero attached hydrogens (tertiary/aromatic N) is 2. The molecule has 2 aromatic heterocycles. The lowest BCUT2D eigenvalue weighted by molar-refractivity contribution is -0.134. The van der Waals surface area contributed by atoms with Crippen molar-refractivity contribution in [1.82, 2.24) is 9.88 Å². The van der Waals surface area contributed by atoms with Crippen molar-refractivity contribution in [3.8, 4) is 11.5 Å². The molecule has 3 aromatic rings. The maximum absolute atomic E-state index is 12.3. The third kappa shape index (κ3) is 3.00. The van der Waals surface area contributed by atoms with Gasteiger partial charge in [-0.05, 0) is 12.1 Å². The smallest absolute Gasteiger partial charge is 0.229 e. The molecule has 1 amide bonds. The second-order valence-corrected chi connectivity index (χ2v) is 6.39. The molecule has 0 saturated carbocycles. The van der Waals surface area contributed by atoms with Gasteiger partial charge in [-0.2, -0.15) is 0 Å². The number of amides is 1. The van der Waals surface area contributed by atoms with Crippen molar-refractivity contribution in [3.05, 3.63) is 40.7 Å². The highest BCUT2D eigenvalue weighted by Crippen LogP contribution is 2.28. The first-order valence-corrected chi connectivity index (χ1v) is 8.46. The fraction of sp³-hybridized carbons (Fsp3) is 0.294. The number of carbonyl (C=O) groups excluding carboxylic acids is 1. The van der Waals surface area contributed by atoms with E-state index in [-0.39, 0.29) is 5.91 Å². The quantitative estimate of drug-likeness (QED) is 0.742. The van der Waals surface area contributed by atoms with Gasteiger partial charge in [0.1, 0.15) is 16.3 Å². The van der Waals surface area contributed by atoms with Crippen molar-refractivity contribution in [1.29, 1.82) is 0 Å². The summed E-state index contributed by atoms with van der Waals surface area (Å²) in [6, 6.07) is 9.86. The summed E-state index contributed by atoms with van der Waals surface area (Å²) in [4.78, 5) is 18.7. The van der Waals surface area contributed by atoms with Crippen LogP contribution in [0.2, 0.25) is 0 Å². The van der Waals surface area contributed by atoms with Crippen LogP contribution in [-0.4, -0.2) is 42.1 Å². The number of para-hydroxylation sites is 1. The Hall–Kier alpha value is -2.18. The Balaban J connectivity index is 1.51. The molecule has 0 aliphatic carbocycles. The lowest BCUT2D eigenvalue weighted by Gasteiger charge is -2.26. The molecule has 1 aromatic carbocycles. The van der Waals surface area contributed by atoms with Crippen molar-refractivity contribution < 1.29 is 13.9 Å². The molecule has 1 aliphatic rings. The van der Waals surface area contributed by atoms with Gasteiger partial charge in [0, 0.05) is 23.9 Å². The van der Waals surface area contributed by atoms with Crippen LogP contribution in [-0.2, 0) is 16.0 Å². The third-order valence-electron chi connectivity index (χ3n) is 3.90. The number of ether oxygens (including phenoxy) is 1. The van der Waals surface area contributed by atoms with Gasteiger partial charge in [0.2, 0.25) is 5.91 Å². The molecule has 23 heavy (non-hydrogen) atoms. The molecule has 1 fully saturated rings. The monoisotopic (exact) mass is 328 g/mol. The van der Waals surface area contributed by atoms with Crippen molar-refractivity contribution in [2.24, 2.45) is 0 Å². The number of fused-ring (bicyclic) bond motifs is 1. The molecule has 0 atom stereocenters. The van der Waals surface area contributed by atoms with E-state index >= 15 is 0 Å². The molecule has 4 rings (SSSR count). The molecule has 5 nitrogen and oxygen atoms in total. The van der Waals surface area contributed by atoms with E-state index in [1.807, 2.05) is 40.6 Å². The highest BCUT2D eigenvalue weighted by atomic mass is 32.1. The maximum atomic E-state index is 12.3. The minimum absolute atomic E-state index is 0.110. The molecule has 0 radical (unpaired) electrons. The summed E-state index contributed by atoms with van der Waals surface area (Å²) in [6.45, 7) is 2.57. The van der Waals surface area contributed by atoms with Crippen LogP contribution in [0.5, 0.6) is 0 Å². The van der Waals surface area contributed by atoms with E-state index < -0.39 is 0 Å². The number of thiazole rings is 1. The largest absolute Gasteiger partial charge is 0.454 e. The average molecular weight is 328 g/mol. The Morgan fingerprint density at radius 1 is 1.26 bits per heavy atom. The van der Waals surface area contributed by atoms with Crippen LogP contribution >= 0.6 is 11.3 Å². The fourth-order valence-electron chi connectivity index (χ4n) is 2.67. The average Bonchev–Trinajstić information content (AvgIpc) is 3.21. The number of rotatable bonds is 3. The second-order valence-electron chi connectivity index (χ2n) is 5.44. The first kappa shape index (κ1) is 14.4. The number of carbonyl (C=O) groups is 1. The Labute approximate surface area is 137 Å². The van der Waals surface area contributed by atoms with E-state index in [0.29, 0.717) is 32.7 Å². The van der Waals surface area contributed by atoms with E-state index in [1.165, 1.54) is 11.3 Å². The molecule has 118 valence electrons. The van der Waals surface area contributed by atoms with Gasteiger partial charge in [-0.15, -0.1) is 11.3 Å². The standard InChI is InChI=1S/C17H16N2O3S/c20-17(19-5-7-21-8-6-19)10-16-18-13(11-23-16)15-9-12-3-1-2-4-14(12)22-15/h1-4,9,11H,5-8,10H2. The Kier molecular flexibility index (Phi) is 3.85. The van der Waals surface area contributed by atoms with Crippen LogP contribution in [0.4, 0.5) is 0 Å². The zero-order chi connectivity index (χ0) is 15.6. The van der Waals surface area contributed by atoms with Gasteiger partial charge in [0.05, 0.1) is 19.6 Å². The molecule has 1 saturated heterocycles. The van der Waals surface area contributed by atoms with Gasteiger partial charge < -0.3 is 14.1 Å². The summed E-state index contributed by atoms with van der Waals surface area (Å²) in [5, 5.41) is 3.82. The lowest BCUT2D eigenvalue weighted by atomic mass is 10.2. The van der Waals surface area contributed by atoms with E-state index in [0.717, 1.165) is 27.4 Å². The molecule has 0 N–H and O–H groups in total. The zero-order valence-corrected chi connectivity index (χ0v) is 13.3. The minimum atomic E-state index is 0.110. The normalized spacial score (nSPS) is 15.2. The van der Waals surface area contributed by atoms with Crippen molar-refractivity contribution in [3.63, 3.8) is 0 Å². The Bertz CT molecular complexity index is 800. The second kappa shape index (κ2) is 6.14. The number of hydrogen-bond acceptors (Lipinski definition) is 5. The maximum Gasteiger partial charge on any atom is 0.229 e. The number of aromatic nitrogens is 1. The number of hydrogen-bond donors (Lipinski definition) is 0. The predicted molar refractivity (Wildman–Crippen MR) is 88.4 cm³/mol. The SMILES string of the molecule is O=C(Cc1nc(-c2cc3ccccc3o2)cs1)N1CCOCC1. The molecular weight excluding hydrogens is 312 g/mol. The summed E-state index contributed by atoms with van der Waals surface area (Å²) in [7, 11) is 0. The third-order valence-corrected chi connectivity index (χ3v) is 4.74. The summed E-state index contributed by atoms with van der Waals surface area (Å²) in [5.74, 6) is 0.853. The van der Waals surface area contributed by atoms with Crippen LogP contribution in [0.1, 0.15) is 5.01 Å². The van der Waals surface area contributed by atoms with Crippen molar-refractivity contribution in [2.45, 2.75) is 6.42 Å². The van der Waals surface area contributed by atoms with E-state index in [1.54, 1.807) is 0 Å². The van der Waals surface area contributed by atoms with Crippen LogP contribution in [0.25, 0.3) is 22.4 Å². The molecular formula is C17H16N2O3S. The molecule has 0 unspecified atom stereocenters. The minimum Gasteiger partial charge on any atom is -0.454 e. The highest BCUT2D eigenvalue weighted by molar-refractivity contribution is 7.10. The zero-order valence-electron chi connectivity index (χ0n) is 12.5. The first-order chi connectivity index (χ1) is 11.3. The van der Waals surface area contributed by atoms with Crippen molar-refractivity contribution >= 4 is 28.2 Å².